The number of hydrogen-bond acceptors (Lipinski definition) is 3. The van der Waals surface area contributed by atoms with Gasteiger partial charge in [0.05, 0.1) is 5.54 Å². The topological polar surface area (TPSA) is 73.6 Å². The zero-order valence-corrected chi connectivity index (χ0v) is 7.07. The second-order valence-electron chi connectivity index (χ2n) is 2.89. The van der Waals surface area contributed by atoms with Crippen LogP contribution in [-0.2, 0) is 0 Å². The fourth-order valence-electron chi connectivity index (χ4n) is 1.12. The maximum atomic E-state index is 8.53. The SMILES string of the molecule is N#CC(C#N)=CC1(N)C=CC=CC1. The van der Waals surface area contributed by atoms with Crippen molar-refractivity contribution >= 4 is 0 Å². The van der Waals surface area contributed by atoms with Crippen molar-refractivity contribution in [1.29, 1.82) is 10.5 Å². The van der Waals surface area contributed by atoms with Gasteiger partial charge >= 0.3 is 0 Å². The monoisotopic (exact) mass is 171 g/mol. The van der Waals surface area contributed by atoms with Crippen LogP contribution in [0.1, 0.15) is 6.42 Å². The van der Waals surface area contributed by atoms with Crippen LogP contribution in [0.25, 0.3) is 0 Å². The Morgan fingerprint density at radius 1 is 1.38 bits per heavy atom. The summed E-state index contributed by atoms with van der Waals surface area (Å²) in [5.74, 6) is 0. The highest BCUT2D eigenvalue weighted by Crippen LogP contribution is 2.17. The summed E-state index contributed by atoms with van der Waals surface area (Å²) in [6.07, 6.45) is 9.50. The maximum Gasteiger partial charge on any atom is 0.127 e. The Balaban J connectivity index is 2.91. The lowest BCUT2D eigenvalue weighted by Gasteiger charge is -2.21. The second kappa shape index (κ2) is 3.71. The van der Waals surface area contributed by atoms with E-state index < -0.39 is 5.54 Å². The molecule has 0 radical (unpaired) electrons. The third kappa shape index (κ3) is 2.30. The van der Waals surface area contributed by atoms with E-state index in [-0.39, 0.29) is 5.57 Å². The van der Waals surface area contributed by atoms with Crippen LogP contribution in [0.15, 0.2) is 36.0 Å². The summed E-state index contributed by atoms with van der Waals surface area (Å²) in [5.41, 5.74) is 5.28. The van der Waals surface area contributed by atoms with Crippen LogP contribution in [0.5, 0.6) is 0 Å². The minimum Gasteiger partial charge on any atom is -0.318 e. The minimum atomic E-state index is -0.671. The lowest BCUT2D eigenvalue weighted by Crippen LogP contribution is -2.35. The predicted octanol–water partition coefficient (Wildman–Crippen LogP) is 1.17. The number of allylic oxidation sites excluding steroid dienone is 3. The third-order valence-electron chi connectivity index (χ3n) is 1.78. The van der Waals surface area contributed by atoms with Gasteiger partial charge in [0.15, 0.2) is 0 Å². The molecule has 0 fully saturated rings. The fraction of sp³-hybridized carbons (Fsp3) is 0.200. The number of nitriles is 2. The van der Waals surface area contributed by atoms with Gasteiger partial charge in [-0.3, -0.25) is 0 Å². The molecule has 1 aliphatic carbocycles. The molecule has 1 aliphatic rings. The van der Waals surface area contributed by atoms with Crippen molar-refractivity contribution in [3.8, 4) is 12.1 Å². The van der Waals surface area contributed by atoms with E-state index in [0.29, 0.717) is 6.42 Å². The van der Waals surface area contributed by atoms with E-state index in [1.807, 2.05) is 18.2 Å². The first-order chi connectivity index (χ1) is 6.20. The summed E-state index contributed by atoms with van der Waals surface area (Å²) in [6, 6.07) is 3.57. The molecule has 1 rings (SSSR count). The highest BCUT2D eigenvalue weighted by atomic mass is 14.7. The zero-order valence-electron chi connectivity index (χ0n) is 7.07. The van der Waals surface area contributed by atoms with E-state index in [9.17, 15) is 0 Å². The van der Waals surface area contributed by atoms with Crippen LogP contribution >= 0.6 is 0 Å². The van der Waals surface area contributed by atoms with Gasteiger partial charge in [-0.2, -0.15) is 10.5 Å². The molecule has 0 spiro atoms. The molecule has 2 N–H and O–H groups in total. The van der Waals surface area contributed by atoms with Gasteiger partial charge in [0.2, 0.25) is 0 Å². The summed E-state index contributed by atoms with van der Waals surface area (Å²) in [6.45, 7) is 0. The van der Waals surface area contributed by atoms with Crippen molar-refractivity contribution in [2.75, 3.05) is 0 Å². The van der Waals surface area contributed by atoms with Crippen LogP contribution in [0.2, 0.25) is 0 Å². The van der Waals surface area contributed by atoms with Crippen LogP contribution < -0.4 is 5.73 Å². The summed E-state index contributed by atoms with van der Waals surface area (Å²) < 4.78 is 0. The van der Waals surface area contributed by atoms with Crippen molar-refractivity contribution < 1.29 is 0 Å². The molecule has 1 unspecified atom stereocenters. The molecule has 0 aliphatic heterocycles. The molecule has 0 saturated carbocycles. The second-order valence-corrected chi connectivity index (χ2v) is 2.89. The van der Waals surface area contributed by atoms with Crippen LogP contribution in [0.4, 0.5) is 0 Å². The lowest BCUT2D eigenvalue weighted by molar-refractivity contribution is 0.658. The van der Waals surface area contributed by atoms with Gasteiger partial charge in [-0.25, -0.2) is 0 Å². The van der Waals surface area contributed by atoms with E-state index in [1.165, 1.54) is 6.08 Å². The molecule has 3 nitrogen and oxygen atoms in total. The standard InChI is InChI=1S/C10H9N3/c11-7-9(8-12)6-10(13)4-2-1-3-5-10/h1-4,6H,5,13H2. The van der Waals surface area contributed by atoms with Crippen LogP contribution in [0.3, 0.4) is 0 Å². The molecule has 0 aromatic carbocycles. The fourth-order valence-corrected chi connectivity index (χ4v) is 1.12. The van der Waals surface area contributed by atoms with Gasteiger partial charge in [0.25, 0.3) is 0 Å². The number of hydrogen-bond donors (Lipinski definition) is 1. The first-order valence-electron chi connectivity index (χ1n) is 3.86. The van der Waals surface area contributed by atoms with Gasteiger partial charge in [0.1, 0.15) is 17.7 Å². The van der Waals surface area contributed by atoms with Crippen LogP contribution in [-0.4, -0.2) is 5.54 Å². The minimum absolute atomic E-state index is 0.0578. The summed E-state index contributed by atoms with van der Waals surface area (Å²) >= 11 is 0. The Kier molecular flexibility index (Phi) is 2.64. The van der Waals surface area contributed by atoms with Crippen molar-refractivity contribution in [3.05, 3.63) is 36.0 Å². The molecule has 0 aromatic rings. The van der Waals surface area contributed by atoms with E-state index in [1.54, 1.807) is 18.2 Å². The normalized spacial score (nSPS) is 24.5. The van der Waals surface area contributed by atoms with Crippen molar-refractivity contribution in [2.45, 2.75) is 12.0 Å². The van der Waals surface area contributed by atoms with Gasteiger partial charge in [-0.1, -0.05) is 24.3 Å². The summed E-state index contributed by atoms with van der Waals surface area (Å²) in [7, 11) is 0. The highest BCUT2D eigenvalue weighted by Gasteiger charge is 2.19. The van der Waals surface area contributed by atoms with Crippen molar-refractivity contribution in [2.24, 2.45) is 5.73 Å². The number of rotatable bonds is 1. The summed E-state index contributed by atoms with van der Waals surface area (Å²) in [4.78, 5) is 0. The van der Waals surface area contributed by atoms with E-state index in [2.05, 4.69) is 0 Å². The Morgan fingerprint density at radius 3 is 2.54 bits per heavy atom. The summed E-state index contributed by atoms with van der Waals surface area (Å²) in [5, 5.41) is 17.1. The van der Waals surface area contributed by atoms with Gasteiger partial charge in [0, 0.05) is 0 Å². The molecule has 0 heterocycles. The molecule has 0 amide bonds. The molecule has 0 bridgehead atoms. The van der Waals surface area contributed by atoms with Crippen LogP contribution in [0, 0.1) is 22.7 Å². The Morgan fingerprint density at radius 2 is 2.08 bits per heavy atom. The first-order valence-corrected chi connectivity index (χ1v) is 3.86. The molecule has 64 valence electrons. The highest BCUT2D eigenvalue weighted by molar-refractivity contribution is 5.41. The van der Waals surface area contributed by atoms with Gasteiger partial charge < -0.3 is 5.73 Å². The predicted molar refractivity (Wildman–Crippen MR) is 49.1 cm³/mol. The van der Waals surface area contributed by atoms with Gasteiger partial charge in [-0.15, -0.1) is 0 Å². The average Bonchev–Trinajstić information content (AvgIpc) is 2.15. The Hall–Kier alpha value is -1.84. The Labute approximate surface area is 77.1 Å². The maximum absolute atomic E-state index is 8.53. The molecular formula is C10H9N3. The number of nitrogens with zero attached hydrogens (tertiary/aromatic N) is 2. The van der Waals surface area contributed by atoms with E-state index >= 15 is 0 Å². The van der Waals surface area contributed by atoms with E-state index in [0.717, 1.165) is 0 Å². The third-order valence-corrected chi connectivity index (χ3v) is 1.78. The molecular weight excluding hydrogens is 162 g/mol. The molecule has 3 heteroatoms. The quantitative estimate of drug-likeness (QED) is 0.602. The molecule has 13 heavy (non-hydrogen) atoms. The first kappa shape index (κ1) is 9.25. The van der Waals surface area contributed by atoms with Gasteiger partial charge in [-0.05, 0) is 12.5 Å². The molecule has 1 atom stereocenters. The Bertz CT molecular complexity index is 347. The number of nitrogens with two attached hydrogens (primary N) is 1. The van der Waals surface area contributed by atoms with Crippen molar-refractivity contribution in [3.63, 3.8) is 0 Å². The average molecular weight is 171 g/mol. The largest absolute Gasteiger partial charge is 0.318 e. The smallest absolute Gasteiger partial charge is 0.127 e. The zero-order chi connectivity index (χ0) is 9.73. The molecule has 0 saturated heterocycles. The molecule has 0 aromatic heterocycles. The lowest BCUT2D eigenvalue weighted by atomic mass is 9.90. The van der Waals surface area contributed by atoms with E-state index in [4.69, 9.17) is 16.3 Å². The van der Waals surface area contributed by atoms with Crippen molar-refractivity contribution in [1.82, 2.24) is 0 Å².